The third-order valence-electron chi connectivity index (χ3n) is 3.84. The first-order chi connectivity index (χ1) is 12.8. The fraction of sp³-hybridized carbons (Fsp3) is 0.250. The Labute approximate surface area is 162 Å². The lowest BCUT2D eigenvalue weighted by Crippen LogP contribution is -2.24. The van der Waals surface area contributed by atoms with Crippen LogP contribution in [0.4, 0.5) is 0 Å². The smallest absolute Gasteiger partial charge is 0.316 e. The molecule has 2 N–H and O–H groups in total. The molecule has 6 nitrogen and oxygen atoms in total. The highest BCUT2D eigenvalue weighted by molar-refractivity contribution is 8.00. The Bertz CT molecular complexity index is 834. The Hall–Kier alpha value is -2.80. The molecule has 7 heteroatoms. The molecule has 0 aliphatic carbocycles. The first-order valence-corrected chi connectivity index (χ1v) is 9.25. The maximum absolute atomic E-state index is 12.5. The van der Waals surface area contributed by atoms with Gasteiger partial charge >= 0.3 is 5.97 Å². The summed E-state index contributed by atoms with van der Waals surface area (Å²) in [7, 11) is 3.38. The van der Waals surface area contributed by atoms with Gasteiger partial charge in [0.1, 0.15) is 5.25 Å². The van der Waals surface area contributed by atoms with Crippen LogP contribution in [0.1, 0.15) is 33.2 Å². The second kappa shape index (κ2) is 9.23. The van der Waals surface area contributed by atoms with Crippen LogP contribution in [-0.4, -0.2) is 47.1 Å². The van der Waals surface area contributed by atoms with Gasteiger partial charge in [0.25, 0.3) is 11.8 Å². The van der Waals surface area contributed by atoms with Crippen molar-refractivity contribution in [3.05, 3.63) is 65.2 Å². The zero-order chi connectivity index (χ0) is 20.0. The summed E-state index contributed by atoms with van der Waals surface area (Å²) in [5, 5.41) is 11.3. The number of rotatable bonds is 7. The van der Waals surface area contributed by atoms with Crippen molar-refractivity contribution in [3.63, 3.8) is 0 Å². The maximum atomic E-state index is 12.5. The van der Waals surface area contributed by atoms with Crippen LogP contribution in [0.2, 0.25) is 0 Å². The first kappa shape index (κ1) is 20.5. The molecule has 0 saturated heterocycles. The quantitative estimate of drug-likeness (QED) is 0.715. The number of hydrogen-bond acceptors (Lipinski definition) is 4. The van der Waals surface area contributed by atoms with Crippen LogP contribution in [-0.2, 0) is 11.3 Å². The molecule has 0 saturated carbocycles. The summed E-state index contributed by atoms with van der Waals surface area (Å²) >= 11 is 1.13. The van der Waals surface area contributed by atoms with Crippen LogP contribution in [0.25, 0.3) is 0 Å². The molecule has 0 aliphatic heterocycles. The molecule has 1 atom stereocenters. The van der Waals surface area contributed by atoms with Gasteiger partial charge in [-0.15, -0.1) is 11.8 Å². The maximum Gasteiger partial charge on any atom is 0.316 e. The number of thioether (sulfide) groups is 1. The summed E-state index contributed by atoms with van der Waals surface area (Å²) in [6.45, 7) is 1.89. The van der Waals surface area contributed by atoms with E-state index in [0.717, 1.165) is 17.3 Å². The van der Waals surface area contributed by atoms with Gasteiger partial charge in [-0.1, -0.05) is 24.3 Å². The molecule has 0 fully saturated rings. The van der Waals surface area contributed by atoms with Gasteiger partial charge in [-0.25, -0.2) is 0 Å². The molecular weight excluding hydrogens is 364 g/mol. The minimum Gasteiger partial charge on any atom is -0.480 e. The minimum absolute atomic E-state index is 0.0795. The fourth-order valence-corrected chi connectivity index (χ4v) is 3.23. The number of carbonyl (C=O) groups is 3. The Morgan fingerprint density at radius 1 is 1.07 bits per heavy atom. The highest BCUT2D eigenvalue weighted by Crippen LogP contribution is 2.27. The number of carboxylic acid groups (broad SMARTS) is 1. The molecule has 2 aromatic rings. The standard InChI is InChI=1S/C20H22N2O4S/c1-13(20(25)26)27-17-7-5-4-6-16(17)18(23)21-12-14-8-10-15(11-9-14)19(24)22(2)3/h4-11,13H,12H2,1-3H3,(H,21,23)(H,25,26). The van der Waals surface area contributed by atoms with E-state index in [2.05, 4.69) is 5.32 Å². The van der Waals surface area contributed by atoms with Gasteiger partial charge in [-0.2, -0.15) is 0 Å². The zero-order valence-electron chi connectivity index (χ0n) is 15.4. The van der Waals surface area contributed by atoms with Crippen LogP contribution >= 0.6 is 11.8 Å². The number of carboxylic acids is 1. The van der Waals surface area contributed by atoms with E-state index in [1.54, 1.807) is 69.6 Å². The summed E-state index contributed by atoms with van der Waals surface area (Å²) in [6, 6.07) is 14.0. The van der Waals surface area contributed by atoms with Gasteiger partial charge in [0.05, 0.1) is 5.56 Å². The van der Waals surface area contributed by atoms with Gasteiger partial charge in [0.15, 0.2) is 0 Å². The molecule has 0 aliphatic rings. The number of benzene rings is 2. The second-order valence-electron chi connectivity index (χ2n) is 6.17. The predicted octanol–water partition coefficient (Wildman–Crippen LogP) is 2.88. The van der Waals surface area contributed by atoms with Crippen LogP contribution in [0.3, 0.4) is 0 Å². The van der Waals surface area contributed by atoms with Gasteiger partial charge in [-0.3, -0.25) is 14.4 Å². The van der Waals surface area contributed by atoms with E-state index in [0.29, 0.717) is 22.6 Å². The van der Waals surface area contributed by atoms with Crippen molar-refractivity contribution in [2.75, 3.05) is 14.1 Å². The first-order valence-electron chi connectivity index (χ1n) is 8.37. The molecule has 2 aromatic carbocycles. The molecular formula is C20H22N2O4S. The molecule has 1 unspecified atom stereocenters. The van der Waals surface area contributed by atoms with Gasteiger partial charge < -0.3 is 15.3 Å². The SMILES string of the molecule is CC(Sc1ccccc1C(=O)NCc1ccc(C(=O)N(C)C)cc1)C(=O)O. The average Bonchev–Trinajstić information content (AvgIpc) is 2.66. The lowest BCUT2D eigenvalue weighted by molar-refractivity contribution is -0.136. The van der Waals surface area contributed by atoms with Gasteiger partial charge in [0, 0.05) is 31.1 Å². The van der Waals surface area contributed by atoms with E-state index >= 15 is 0 Å². The number of carbonyl (C=O) groups excluding carboxylic acids is 2. The van der Waals surface area contributed by atoms with Crippen molar-refractivity contribution in [2.24, 2.45) is 0 Å². The monoisotopic (exact) mass is 386 g/mol. The van der Waals surface area contributed by atoms with E-state index in [1.807, 2.05) is 0 Å². The molecule has 2 amide bonds. The summed E-state index contributed by atoms with van der Waals surface area (Å²) in [6.07, 6.45) is 0. The highest BCUT2D eigenvalue weighted by Gasteiger charge is 2.17. The molecule has 0 heterocycles. The molecule has 0 aromatic heterocycles. The summed E-state index contributed by atoms with van der Waals surface area (Å²) in [5.41, 5.74) is 1.89. The van der Waals surface area contributed by atoms with Crippen molar-refractivity contribution in [2.45, 2.75) is 23.6 Å². The third-order valence-corrected chi connectivity index (χ3v) is 5.01. The number of nitrogens with one attached hydrogen (secondary N) is 1. The van der Waals surface area contributed by atoms with E-state index in [4.69, 9.17) is 5.11 Å². The van der Waals surface area contributed by atoms with E-state index in [1.165, 1.54) is 4.90 Å². The van der Waals surface area contributed by atoms with Crippen molar-refractivity contribution in [3.8, 4) is 0 Å². The number of amides is 2. The topological polar surface area (TPSA) is 86.7 Å². The predicted molar refractivity (Wildman–Crippen MR) is 105 cm³/mol. The summed E-state index contributed by atoms with van der Waals surface area (Å²) in [4.78, 5) is 37.6. The number of hydrogen-bond donors (Lipinski definition) is 2. The zero-order valence-corrected chi connectivity index (χ0v) is 16.2. The lowest BCUT2D eigenvalue weighted by atomic mass is 10.1. The Balaban J connectivity index is 2.04. The van der Waals surface area contributed by atoms with Crippen molar-refractivity contribution in [1.82, 2.24) is 10.2 Å². The van der Waals surface area contributed by atoms with E-state index < -0.39 is 11.2 Å². The average molecular weight is 386 g/mol. The van der Waals surface area contributed by atoms with Crippen LogP contribution in [0.5, 0.6) is 0 Å². The van der Waals surface area contributed by atoms with Crippen LogP contribution in [0, 0.1) is 0 Å². The largest absolute Gasteiger partial charge is 0.480 e. The van der Waals surface area contributed by atoms with Gasteiger partial charge in [0.2, 0.25) is 0 Å². The number of nitrogens with zero attached hydrogens (tertiary/aromatic N) is 1. The Morgan fingerprint density at radius 3 is 2.30 bits per heavy atom. The number of aliphatic carboxylic acids is 1. The molecule has 0 spiro atoms. The van der Waals surface area contributed by atoms with E-state index in [-0.39, 0.29) is 11.8 Å². The van der Waals surface area contributed by atoms with Crippen molar-refractivity contribution < 1.29 is 19.5 Å². The second-order valence-corrected chi connectivity index (χ2v) is 7.56. The molecule has 0 bridgehead atoms. The van der Waals surface area contributed by atoms with E-state index in [9.17, 15) is 14.4 Å². The molecule has 2 rings (SSSR count). The molecule has 0 radical (unpaired) electrons. The summed E-state index contributed by atoms with van der Waals surface area (Å²) < 4.78 is 0. The Kier molecular flexibility index (Phi) is 7.01. The fourth-order valence-electron chi connectivity index (χ4n) is 2.30. The third kappa shape index (κ3) is 5.59. The lowest BCUT2D eigenvalue weighted by Gasteiger charge is -2.12. The van der Waals surface area contributed by atoms with Crippen molar-refractivity contribution in [1.29, 1.82) is 0 Å². The Morgan fingerprint density at radius 2 is 1.70 bits per heavy atom. The normalized spacial score (nSPS) is 11.5. The van der Waals surface area contributed by atoms with Crippen molar-refractivity contribution >= 4 is 29.5 Å². The van der Waals surface area contributed by atoms with Gasteiger partial charge in [-0.05, 0) is 36.8 Å². The summed E-state index contributed by atoms with van der Waals surface area (Å²) in [5.74, 6) is -1.28. The van der Waals surface area contributed by atoms with Crippen LogP contribution in [0.15, 0.2) is 53.4 Å². The molecule has 142 valence electrons. The molecule has 27 heavy (non-hydrogen) atoms. The minimum atomic E-state index is -0.928. The van der Waals surface area contributed by atoms with Crippen LogP contribution < -0.4 is 5.32 Å². The highest BCUT2D eigenvalue weighted by atomic mass is 32.2.